The number of rotatable bonds is 5. The summed E-state index contributed by atoms with van der Waals surface area (Å²) in [5, 5.41) is 6.00. The summed E-state index contributed by atoms with van der Waals surface area (Å²) < 4.78 is 6.66. The Labute approximate surface area is 122 Å². The van der Waals surface area contributed by atoms with Gasteiger partial charge in [0.25, 0.3) is 0 Å². The van der Waals surface area contributed by atoms with Crippen LogP contribution in [-0.2, 0) is 17.8 Å². The van der Waals surface area contributed by atoms with Crippen LogP contribution in [0.2, 0.25) is 0 Å². The van der Waals surface area contributed by atoms with Gasteiger partial charge < -0.3 is 15.4 Å². The molecule has 5 heteroatoms. The van der Waals surface area contributed by atoms with E-state index in [4.69, 9.17) is 4.74 Å². The summed E-state index contributed by atoms with van der Waals surface area (Å²) >= 11 is 3.49. The van der Waals surface area contributed by atoms with E-state index in [1.807, 2.05) is 19.9 Å². The molecule has 1 aromatic rings. The minimum Gasteiger partial charge on any atom is -0.493 e. The molecule has 0 spiro atoms. The van der Waals surface area contributed by atoms with Crippen molar-refractivity contribution in [1.29, 1.82) is 0 Å². The Bertz CT molecular complexity index is 475. The smallest absolute Gasteiger partial charge is 0.234 e. The van der Waals surface area contributed by atoms with Gasteiger partial charge in [0, 0.05) is 29.0 Å². The highest BCUT2D eigenvalue weighted by Crippen LogP contribution is 2.32. The highest BCUT2D eigenvalue weighted by Gasteiger charge is 2.17. The molecule has 4 nitrogen and oxygen atoms in total. The monoisotopic (exact) mass is 326 g/mol. The van der Waals surface area contributed by atoms with Gasteiger partial charge in [-0.2, -0.15) is 0 Å². The molecule has 1 heterocycles. The fourth-order valence-electron chi connectivity index (χ4n) is 2.03. The van der Waals surface area contributed by atoms with Crippen molar-refractivity contribution in [2.45, 2.75) is 32.9 Å². The van der Waals surface area contributed by atoms with E-state index < -0.39 is 0 Å². The van der Waals surface area contributed by atoms with Gasteiger partial charge in [-0.05, 0) is 17.7 Å². The van der Waals surface area contributed by atoms with Crippen LogP contribution in [0.5, 0.6) is 5.75 Å². The zero-order valence-corrected chi connectivity index (χ0v) is 12.8. The lowest BCUT2D eigenvalue weighted by atomic mass is 10.1. The normalized spacial score (nSPS) is 13.3. The molecule has 0 unspecified atom stereocenters. The second kappa shape index (κ2) is 6.39. The van der Waals surface area contributed by atoms with Crippen molar-refractivity contribution < 1.29 is 9.53 Å². The Kier molecular flexibility index (Phi) is 4.82. The first-order valence-electron chi connectivity index (χ1n) is 6.50. The number of fused-ring (bicyclic) bond motifs is 1. The SMILES string of the molecule is CC(C)NCC(=O)NCc1cc(Br)cc2c1OCC2. The molecule has 1 aromatic carbocycles. The molecule has 2 rings (SSSR count). The number of hydrogen-bond acceptors (Lipinski definition) is 3. The summed E-state index contributed by atoms with van der Waals surface area (Å²) in [6.07, 6.45) is 0.935. The molecule has 104 valence electrons. The van der Waals surface area contributed by atoms with E-state index in [1.165, 1.54) is 5.56 Å². The summed E-state index contributed by atoms with van der Waals surface area (Å²) in [6.45, 7) is 5.60. The Morgan fingerprint density at radius 2 is 2.26 bits per heavy atom. The van der Waals surface area contributed by atoms with Crippen molar-refractivity contribution in [3.05, 3.63) is 27.7 Å². The maximum absolute atomic E-state index is 11.7. The van der Waals surface area contributed by atoms with E-state index in [0.29, 0.717) is 19.1 Å². The number of hydrogen-bond donors (Lipinski definition) is 2. The van der Waals surface area contributed by atoms with Crippen LogP contribution in [0.3, 0.4) is 0 Å². The molecule has 1 aliphatic rings. The summed E-state index contributed by atoms with van der Waals surface area (Å²) in [5.74, 6) is 0.931. The molecule has 0 saturated heterocycles. The van der Waals surface area contributed by atoms with Crippen LogP contribution < -0.4 is 15.4 Å². The third kappa shape index (κ3) is 3.94. The molecule has 0 aromatic heterocycles. The van der Waals surface area contributed by atoms with E-state index in [9.17, 15) is 4.79 Å². The van der Waals surface area contributed by atoms with Crippen molar-refractivity contribution in [3.8, 4) is 5.75 Å². The zero-order valence-electron chi connectivity index (χ0n) is 11.3. The molecular weight excluding hydrogens is 308 g/mol. The van der Waals surface area contributed by atoms with Crippen molar-refractivity contribution in [1.82, 2.24) is 10.6 Å². The minimum atomic E-state index is 0.000391. The number of carbonyl (C=O) groups is 1. The van der Waals surface area contributed by atoms with Gasteiger partial charge in [0.2, 0.25) is 5.91 Å². The predicted octanol–water partition coefficient (Wildman–Crippen LogP) is 2.00. The van der Waals surface area contributed by atoms with Crippen molar-refractivity contribution in [2.24, 2.45) is 0 Å². The summed E-state index contributed by atoms with van der Waals surface area (Å²) in [5.41, 5.74) is 2.23. The third-order valence-corrected chi connectivity index (χ3v) is 3.43. The number of amides is 1. The van der Waals surface area contributed by atoms with E-state index >= 15 is 0 Å². The van der Waals surface area contributed by atoms with Gasteiger partial charge in [-0.25, -0.2) is 0 Å². The minimum absolute atomic E-state index is 0.000391. The molecule has 2 N–H and O–H groups in total. The van der Waals surface area contributed by atoms with Crippen molar-refractivity contribution in [2.75, 3.05) is 13.2 Å². The topological polar surface area (TPSA) is 50.4 Å². The average Bonchev–Trinajstić information content (AvgIpc) is 2.81. The van der Waals surface area contributed by atoms with Gasteiger partial charge in [-0.1, -0.05) is 29.8 Å². The van der Waals surface area contributed by atoms with Crippen molar-refractivity contribution >= 4 is 21.8 Å². The number of ether oxygens (including phenoxy) is 1. The molecule has 0 radical (unpaired) electrons. The standard InChI is InChI=1S/C14H19BrN2O2/c1-9(2)16-8-13(18)17-7-11-6-12(15)5-10-3-4-19-14(10)11/h5-6,9,16H,3-4,7-8H2,1-2H3,(H,17,18). The second-order valence-electron chi connectivity index (χ2n) is 4.96. The van der Waals surface area contributed by atoms with Gasteiger partial charge in [0.05, 0.1) is 13.2 Å². The predicted molar refractivity (Wildman–Crippen MR) is 78.3 cm³/mol. The highest BCUT2D eigenvalue weighted by atomic mass is 79.9. The van der Waals surface area contributed by atoms with E-state index in [1.54, 1.807) is 0 Å². The fourth-order valence-corrected chi connectivity index (χ4v) is 2.58. The summed E-state index contributed by atoms with van der Waals surface area (Å²) in [7, 11) is 0. The highest BCUT2D eigenvalue weighted by molar-refractivity contribution is 9.10. The maximum atomic E-state index is 11.7. The third-order valence-electron chi connectivity index (χ3n) is 2.97. The maximum Gasteiger partial charge on any atom is 0.234 e. The molecule has 0 saturated carbocycles. The lowest BCUT2D eigenvalue weighted by Gasteiger charge is -2.11. The lowest BCUT2D eigenvalue weighted by molar-refractivity contribution is -0.120. The molecule has 0 atom stereocenters. The number of nitrogens with one attached hydrogen (secondary N) is 2. The summed E-state index contributed by atoms with van der Waals surface area (Å²) in [6, 6.07) is 4.39. The molecule has 0 fully saturated rings. The summed E-state index contributed by atoms with van der Waals surface area (Å²) in [4.78, 5) is 11.7. The Morgan fingerprint density at radius 3 is 3.00 bits per heavy atom. The van der Waals surface area contributed by atoms with Crippen molar-refractivity contribution in [3.63, 3.8) is 0 Å². The van der Waals surface area contributed by atoms with Crippen LogP contribution in [0.1, 0.15) is 25.0 Å². The number of halogens is 1. The quantitative estimate of drug-likeness (QED) is 0.870. The van der Waals surface area contributed by atoms with Crippen LogP contribution in [0.25, 0.3) is 0 Å². The van der Waals surface area contributed by atoms with Crippen LogP contribution in [0.15, 0.2) is 16.6 Å². The fraction of sp³-hybridized carbons (Fsp3) is 0.500. The molecule has 1 amide bonds. The Balaban J connectivity index is 1.95. The number of carbonyl (C=O) groups excluding carboxylic acids is 1. The Morgan fingerprint density at radius 1 is 1.47 bits per heavy atom. The van der Waals surface area contributed by atoms with Gasteiger partial charge in [0.1, 0.15) is 5.75 Å². The molecule has 0 bridgehead atoms. The first-order valence-corrected chi connectivity index (χ1v) is 7.29. The van der Waals surface area contributed by atoms with Gasteiger partial charge in [-0.3, -0.25) is 4.79 Å². The first kappa shape index (κ1) is 14.3. The van der Waals surface area contributed by atoms with Gasteiger partial charge in [-0.15, -0.1) is 0 Å². The van der Waals surface area contributed by atoms with Crippen LogP contribution in [-0.4, -0.2) is 25.1 Å². The lowest BCUT2D eigenvalue weighted by Crippen LogP contribution is -2.36. The molecule has 1 aliphatic heterocycles. The van der Waals surface area contributed by atoms with Crippen LogP contribution >= 0.6 is 15.9 Å². The molecular formula is C14H19BrN2O2. The van der Waals surface area contributed by atoms with Crippen LogP contribution in [0, 0.1) is 0 Å². The Hall–Kier alpha value is -1.07. The molecule has 0 aliphatic carbocycles. The largest absolute Gasteiger partial charge is 0.493 e. The first-order chi connectivity index (χ1) is 9.06. The van der Waals surface area contributed by atoms with Crippen LogP contribution in [0.4, 0.5) is 0 Å². The molecule has 19 heavy (non-hydrogen) atoms. The van der Waals surface area contributed by atoms with E-state index in [2.05, 4.69) is 32.6 Å². The van der Waals surface area contributed by atoms with E-state index in [-0.39, 0.29) is 5.91 Å². The van der Waals surface area contributed by atoms with Gasteiger partial charge >= 0.3 is 0 Å². The zero-order chi connectivity index (χ0) is 13.8. The van der Waals surface area contributed by atoms with Gasteiger partial charge in [0.15, 0.2) is 0 Å². The second-order valence-corrected chi connectivity index (χ2v) is 5.88. The van der Waals surface area contributed by atoms with E-state index in [0.717, 1.165) is 28.8 Å². The number of benzene rings is 1. The average molecular weight is 327 g/mol.